The fourth-order valence-corrected chi connectivity index (χ4v) is 1.21. The van der Waals surface area contributed by atoms with Crippen LogP contribution in [0.1, 0.15) is 5.56 Å². The molecular formula is C9H8NO2. The van der Waals surface area contributed by atoms with Crippen molar-refractivity contribution >= 4 is 12.0 Å². The maximum absolute atomic E-state index is 10.3. The SMILES string of the molecule is O=[C]C1Nc2ccccc2CO1. The van der Waals surface area contributed by atoms with Crippen LogP contribution in [-0.2, 0) is 16.1 Å². The highest BCUT2D eigenvalue weighted by Crippen LogP contribution is 2.21. The summed E-state index contributed by atoms with van der Waals surface area (Å²) in [6, 6.07) is 7.74. The Hall–Kier alpha value is -1.35. The van der Waals surface area contributed by atoms with Gasteiger partial charge in [-0.15, -0.1) is 0 Å². The van der Waals surface area contributed by atoms with E-state index in [-0.39, 0.29) is 0 Å². The summed E-state index contributed by atoms with van der Waals surface area (Å²) in [5.74, 6) is 0. The molecule has 1 aromatic carbocycles. The maximum Gasteiger partial charge on any atom is 0.252 e. The maximum atomic E-state index is 10.3. The number of para-hydroxylation sites is 1. The first kappa shape index (κ1) is 7.31. The van der Waals surface area contributed by atoms with Crippen LogP contribution in [0.15, 0.2) is 24.3 Å². The second-order valence-corrected chi connectivity index (χ2v) is 2.61. The van der Waals surface area contributed by atoms with Gasteiger partial charge in [-0.1, -0.05) is 18.2 Å². The molecule has 1 heterocycles. The van der Waals surface area contributed by atoms with Crippen LogP contribution in [0.4, 0.5) is 5.69 Å². The van der Waals surface area contributed by atoms with Gasteiger partial charge in [0.1, 0.15) is 0 Å². The van der Waals surface area contributed by atoms with Gasteiger partial charge >= 0.3 is 0 Å². The predicted octanol–water partition coefficient (Wildman–Crippen LogP) is 1.06. The summed E-state index contributed by atoms with van der Waals surface area (Å²) < 4.78 is 5.12. The molecule has 0 spiro atoms. The Kier molecular flexibility index (Phi) is 1.80. The number of anilines is 1. The normalized spacial score (nSPS) is 20.8. The van der Waals surface area contributed by atoms with Crippen molar-refractivity contribution in [2.24, 2.45) is 0 Å². The van der Waals surface area contributed by atoms with Gasteiger partial charge in [0.2, 0.25) is 0 Å². The zero-order valence-electron chi connectivity index (χ0n) is 6.41. The monoisotopic (exact) mass is 162 g/mol. The molecule has 1 atom stereocenters. The Bertz CT molecular complexity index is 298. The fraction of sp³-hybridized carbons (Fsp3) is 0.222. The first-order valence-corrected chi connectivity index (χ1v) is 3.74. The zero-order chi connectivity index (χ0) is 8.39. The van der Waals surface area contributed by atoms with E-state index in [4.69, 9.17) is 4.74 Å². The lowest BCUT2D eigenvalue weighted by Crippen LogP contribution is -2.28. The molecule has 12 heavy (non-hydrogen) atoms. The van der Waals surface area contributed by atoms with Gasteiger partial charge < -0.3 is 10.1 Å². The van der Waals surface area contributed by atoms with Crippen molar-refractivity contribution in [3.05, 3.63) is 29.8 Å². The third kappa shape index (κ3) is 1.19. The molecule has 0 bridgehead atoms. The summed E-state index contributed by atoms with van der Waals surface area (Å²) in [5, 5.41) is 2.90. The Morgan fingerprint density at radius 2 is 2.33 bits per heavy atom. The van der Waals surface area contributed by atoms with Crippen LogP contribution in [0, 0.1) is 0 Å². The van der Waals surface area contributed by atoms with Crippen molar-refractivity contribution in [2.75, 3.05) is 5.32 Å². The molecule has 3 heteroatoms. The topological polar surface area (TPSA) is 38.3 Å². The fourth-order valence-electron chi connectivity index (χ4n) is 1.21. The lowest BCUT2D eigenvalue weighted by atomic mass is 10.1. The van der Waals surface area contributed by atoms with Gasteiger partial charge in [0, 0.05) is 11.3 Å². The Morgan fingerprint density at radius 1 is 1.50 bits per heavy atom. The van der Waals surface area contributed by atoms with Crippen LogP contribution in [0.3, 0.4) is 0 Å². The van der Waals surface area contributed by atoms with Crippen LogP contribution in [-0.4, -0.2) is 12.5 Å². The zero-order valence-corrected chi connectivity index (χ0v) is 6.41. The van der Waals surface area contributed by atoms with Crippen LogP contribution in [0.2, 0.25) is 0 Å². The van der Waals surface area contributed by atoms with Gasteiger partial charge in [-0.05, 0) is 6.07 Å². The summed E-state index contributed by atoms with van der Waals surface area (Å²) in [6.07, 6.45) is 1.15. The van der Waals surface area contributed by atoms with E-state index >= 15 is 0 Å². The van der Waals surface area contributed by atoms with E-state index in [0.717, 1.165) is 11.3 Å². The van der Waals surface area contributed by atoms with Gasteiger partial charge in [-0.3, -0.25) is 4.79 Å². The van der Waals surface area contributed by atoms with Crippen molar-refractivity contribution in [2.45, 2.75) is 12.8 Å². The lowest BCUT2D eigenvalue weighted by molar-refractivity contribution is 0.0914. The van der Waals surface area contributed by atoms with Gasteiger partial charge in [0.25, 0.3) is 6.29 Å². The van der Waals surface area contributed by atoms with Crippen LogP contribution in [0.5, 0.6) is 0 Å². The molecule has 1 aliphatic heterocycles. The number of fused-ring (bicyclic) bond motifs is 1. The van der Waals surface area contributed by atoms with Crippen molar-refractivity contribution in [1.82, 2.24) is 0 Å². The van der Waals surface area contributed by atoms with Gasteiger partial charge in [-0.2, -0.15) is 0 Å². The Morgan fingerprint density at radius 3 is 3.17 bits per heavy atom. The largest absolute Gasteiger partial charge is 0.353 e. The molecule has 3 nitrogen and oxygen atoms in total. The molecule has 0 aromatic heterocycles. The number of hydrogen-bond donors (Lipinski definition) is 1. The highest BCUT2D eigenvalue weighted by Gasteiger charge is 2.16. The molecule has 1 unspecified atom stereocenters. The first-order valence-electron chi connectivity index (χ1n) is 3.74. The molecular weight excluding hydrogens is 154 g/mol. The predicted molar refractivity (Wildman–Crippen MR) is 44.3 cm³/mol. The minimum atomic E-state index is -0.611. The summed E-state index contributed by atoms with van der Waals surface area (Å²) >= 11 is 0. The molecule has 61 valence electrons. The van der Waals surface area contributed by atoms with E-state index in [2.05, 4.69) is 5.32 Å². The Labute approximate surface area is 70.3 Å². The number of carbonyl (C=O) groups excluding carboxylic acids is 1. The third-order valence-corrected chi connectivity index (χ3v) is 1.82. The van der Waals surface area contributed by atoms with E-state index in [1.165, 1.54) is 0 Å². The molecule has 1 aromatic rings. The summed E-state index contributed by atoms with van der Waals surface area (Å²) in [4.78, 5) is 10.3. The smallest absolute Gasteiger partial charge is 0.252 e. The second-order valence-electron chi connectivity index (χ2n) is 2.61. The number of rotatable bonds is 1. The summed E-state index contributed by atoms with van der Waals surface area (Å²) in [5.41, 5.74) is 2.03. The quantitative estimate of drug-likeness (QED) is 0.671. The van der Waals surface area contributed by atoms with E-state index in [1.807, 2.05) is 24.3 Å². The molecule has 0 aliphatic carbocycles. The van der Waals surface area contributed by atoms with Crippen LogP contribution < -0.4 is 5.32 Å². The van der Waals surface area contributed by atoms with Crippen LogP contribution in [0.25, 0.3) is 0 Å². The second kappa shape index (κ2) is 2.95. The number of benzene rings is 1. The van der Waals surface area contributed by atoms with Gasteiger partial charge in [0.05, 0.1) is 6.61 Å². The van der Waals surface area contributed by atoms with E-state index in [9.17, 15) is 4.79 Å². The summed E-state index contributed by atoms with van der Waals surface area (Å²) in [7, 11) is 0. The minimum absolute atomic E-state index is 0.475. The van der Waals surface area contributed by atoms with Crippen LogP contribution >= 0.6 is 0 Å². The average Bonchev–Trinajstić information content (AvgIpc) is 2.17. The first-order chi connectivity index (χ1) is 5.90. The van der Waals surface area contributed by atoms with Crippen molar-refractivity contribution in [3.63, 3.8) is 0 Å². The molecule has 0 saturated heterocycles. The molecule has 0 fully saturated rings. The molecule has 2 rings (SSSR count). The lowest BCUT2D eigenvalue weighted by Gasteiger charge is -2.22. The highest BCUT2D eigenvalue weighted by atomic mass is 16.5. The number of ether oxygens (including phenoxy) is 1. The molecule has 1 N–H and O–H groups in total. The summed E-state index contributed by atoms with van der Waals surface area (Å²) in [6.45, 7) is 0.475. The molecule has 0 amide bonds. The molecule has 1 radical (unpaired) electrons. The number of hydrogen-bond acceptors (Lipinski definition) is 3. The average molecular weight is 162 g/mol. The third-order valence-electron chi connectivity index (χ3n) is 1.82. The standard InChI is InChI=1S/C9H8NO2/c11-5-9-10-8-4-2-1-3-7(8)6-12-9/h1-4,9-10H,6H2. The minimum Gasteiger partial charge on any atom is -0.353 e. The highest BCUT2D eigenvalue weighted by molar-refractivity contribution is 5.65. The van der Waals surface area contributed by atoms with E-state index in [0.29, 0.717) is 6.61 Å². The van der Waals surface area contributed by atoms with Crippen molar-refractivity contribution in [3.8, 4) is 0 Å². The van der Waals surface area contributed by atoms with Gasteiger partial charge in [0.15, 0.2) is 6.23 Å². The molecule has 0 saturated carbocycles. The van der Waals surface area contributed by atoms with E-state index < -0.39 is 6.23 Å². The molecule has 1 aliphatic rings. The Balaban J connectivity index is 2.28. The van der Waals surface area contributed by atoms with Crippen molar-refractivity contribution in [1.29, 1.82) is 0 Å². The van der Waals surface area contributed by atoms with Gasteiger partial charge in [-0.25, -0.2) is 0 Å². The van der Waals surface area contributed by atoms with E-state index in [1.54, 1.807) is 6.29 Å². The number of nitrogens with one attached hydrogen (secondary N) is 1. The van der Waals surface area contributed by atoms with Crippen molar-refractivity contribution < 1.29 is 9.53 Å².